The first kappa shape index (κ1) is 25.8. The van der Waals surface area contributed by atoms with Gasteiger partial charge in [-0.3, -0.25) is 0 Å². The standard InChI is InChI=1S/C31H36O4Si/c1-31(2,3)36(4,5)35-29-19-25(20-32)18-26-27(33-21-23-12-8-6-9-13-23)16-17-28(30(26)29)34-22-24-14-10-7-11-15-24/h6-19,32H,20-22H2,1-5H3. The van der Waals surface area contributed by atoms with Crippen molar-refractivity contribution in [3.8, 4) is 17.2 Å². The summed E-state index contributed by atoms with van der Waals surface area (Å²) in [7, 11) is -2.17. The highest BCUT2D eigenvalue weighted by molar-refractivity contribution is 6.74. The van der Waals surface area contributed by atoms with Gasteiger partial charge in [-0.1, -0.05) is 81.4 Å². The van der Waals surface area contributed by atoms with Crippen LogP contribution in [0, 0.1) is 0 Å². The summed E-state index contributed by atoms with van der Waals surface area (Å²) in [5.41, 5.74) is 2.96. The van der Waals surface area contributed by atoms with Crippen molar-refractivity contribution in [3.05, 3.63) is 102 Å². The average molecular weight is 501 g/mol. The van der Waals surface area contributed by atoms with Crippen molar-refractivity contribution < 1.29 is 19.0 Å². The Hall–Kier alpha value is -3.28. The molecule has 0 saturated heterocycles. The van der Waals surface area contributed by atoms with Gasteiger partial charge in [-0.25, -0.2) is 0 Å². The maximum atomic E-state index is 10.1. The second-order valence-corrected chi connectivity index (χ2v) is 15.4. The normalized spacial score (nSPS) is 11.9. The van der Waals surface area contributed by atoms with Crippen molar-refractivity contribution in [2.24, 2.45) is 0 Å². The Morgan fingerprint density at radius 1 is 0.667 bits per heavy atom. The van der Waals surface area contributed by atoms with E-state index in [1.807, 2.05) is 72.8 Å². The van der Waals surface area contributed by atoms with Crippen LogP contribution in [0.5, 0.6) is 17.2 Å². The zero-order valence-electron chi connectivity index (χ0n) is 21.9. The highest BCUT2D eigenvalue weighted by Crippen LogP contribution is 2.45. The molecule has 0 unspecified atom stereocenters. The molecule has 0 aliphatic carbocycles. The van der Waals surface area contributed by atoms with E-state index < -0.39 is 8.32 Å². The third kappa shape index (κ3) is 5.92. The van der Waals surface area contributed by atoms with Crippen LogP contribution in [0.1, 0.15) is 37.5 Å². The summed E-state index contributed by atoms with van der Waals surface area (Å²) in [6.07, 6.45) is 0. The predicted molar refractivity (Wildman–Crippen MR) is 149 cm³/mol. The monoisotopic (exact) mass is 500 g/mol. The van der Waals surface area contributed by atoms with E-state index in [2.05, 4.69) is 46.0 Å². The summed E-state index contributed by atoms with van der Waals surface area (Å²) < 4.78 is 19.5. The molecular weight excluding hydrogens is 464 g/mol. The van der Waals surface area contributed by atoms with E-state index in [1.54, 1.807) is 0 Å². The third-order valence-corrected chi connectivity index (χ3v) is 11.2. The van der Waals surface area contributed by atoms with Crippen LogP contribution in [0.3, 0.4) is 0 Å². The van der Waals surface area contributed by atoms with Crippen LogP contribution in [-0.2, 0) is 19.8 Å². The fraction of sp³-hybridized carbons (Fsp3) is 0.290. The van der Waals surface area contributed by atoms with Gasteiger partial charge in [0.2, 0.25) is 0 Å². The van der Waals surface area contributed by atoms with Gasteiger partial charge < -0.3 is 19.0 Å². The second-order valence-electron chi connectivity index (χ2n) is 10.6. The fourth-order valence-corrected chi connectivity index (χ4v) is 4.78. The van der Waals surface area contributed by atoms with E-state index in [9.17, 15) is 5.11 Å². The smallest absolute Gasteiger partial charge is 0.250 e. The van der Waals surface area contributed by atoms with E-state index >= 15 is 0 Å². The average Bonchev–Trinajstić information content (AvgIpc) is 2.86. The Bertz CT molecular complexity index is 1300. The fourth-order valence-electron chi connectivity index (χ4n) is 3.76. The Kier molecular flexibility index (Phi) is 7.72. The quantitative estimate of drug-likeness (QED) is 0.238. The summed E-state index contributed by atoms with van der Waals surface area (Å²) in [4.78, 5) is 0. The molecule has 188 valence electrons. The largest absolute Gasteiger partial charge is 0.543 e. The molecule has 0 spiro atoms. The Morgan fingerprint density at radius 2 is 1.19 bits per heavy atom. The van der Waals surface area contributed by atoms with Gasteiger partial charge >= 0.3 is 0 Å². The zero-order chi connectivity index (χ0) is 25.8. The molecule has 0 aromatic heterocycles. The lowest BCUT2D eigenvalue weighted by molar-refractivity contribution is 0.281. The van der Waals surface area contributed by atoms with Crippen molar-refractivity contribution in [3.63, 3.8) is 0 Å². The zero-order valence-corrected chi connectivity index (χ0v) is 22.9. The highest BCUT2D eigenvalue weighted by atomic mass is 28.4. The maximum Gasteiger partial charge on any atom is 0.250 e. The number of benzene rings is 4. The van der Waals surface area contributed by atoms with Gasteiger partial charge in [0.15, 0.2) is 0 Å². The number of aliphatic hydroxyl groups is 1. The molecule has 0 atom stereocenters. The van der Waals surface area contributed by atoms with Crippen molar-refractivity contribution in [2.45, 2.75) is 58.7 Å². The molecule has 4 nitrogen and oxygen atoms in total. The van der Waals surface area contributed by atoms with Crippen LogP contribution in [-0.4, -0.2) is 13.4 Å². The minimum Gasteiger partial charge on any atom is -0.543 e. The van der Waals surface area contributed by atoms with Crippen LogP contribution in [0.4, 0.5) is 0 Å². The molecule has 0 saturated carbocycles. The first-order chi connectivity index (χ1) is 17.2. The molecule has 4 aromatic carbocycles. The molecule has 0 bridgehead atoms. The van der Waals surface area contributed by atoms with Gasteiger partial charge in [0, 0.05) is 5.39 Å². The van der Waals surface area contributed by atoms with E-state index in [0.29, 0.717) is 13.2 Å². The predicted octanol–water partition coefficient (Wildman–Crippen LogP) is 7.87. The molecule has 5 heteroatoms. The lowest BCUT2D eigenvalue weighted by Crippen LogP contribution is -2.43. The molecule has 0 amide bonds. The molecule has 4 aromatic rings. The number of rotatable bonds is 9. The summed E-state index contributed by atoms with van der Waals surface area (Å²) in [5, 5.41) is 11.8. The highest BCUT2D eigenvalue weighted by Gasteiger charge is 2.39. The van der Waals surface area contributed by atoms with Gasteiger partial charge in [0.05, 0.1) is 12.0 Å². The summed E-state index contributed by atoms with van der Waals surface area (Å²) in [6, 6.07) is 28.1. The van der Waals surface area contributed by atoms with Crippen LogP contribution in [0.2, 0.25) is 18.1 Å². The van der Waals surface area contributed by atoms with E-state index in [4.69, 9.17) is 13.9 Å². The molecule has 0 heterocycles. The lowest BCUT2D eigenvalue weighted by atomic mass is 10.0. The van der Waals surface area contributed by atoms with Crippen LogP contribution < -0.4 is 13.9 Å². The second kappa shape index (κ2) is 10.8. The van der Waals surface area contributed by atoms with Crippen molar-refractivity contribution in [1.82, 2.24) is 0 Å². The SMILES string of the molecule is CC(C)(C)[Si](C)(C)Oc1cc(CO)cc2c(OCc3ccccc3)ccc(OCc3ccccc3)c12. The topological polar surface area (TPSA) is 47.9 Å². The molecule has 36 heavy (non-hydrogen) atoms. The number of hydrogen-bond acceptors (Lipinski definition) is 4. The van der Waals surface area contributed by atoms with Crippen LogP contribution in [0.15, 0.2) is 84.9 Å². The molecule has 0 aliphatic heterocycles. The summed E-state index contributed by atoms with van der Waals surface area (Å²) >= 11 is 0. The number of ether oxygens (including phenoxy) is 2. The van der Waals surface area contributed by atoms with Crippen LogP contribution >= 0.6 is 0 Å². The lowest BCUT2D eigenvalue weighted by Gasteiger charge is -2.37. The van der Waals surface area contributed by atoms with E-state index in [0.717, 1.165) is 44.7 Å². The molecular formula is C31H36O4Si. The molecule has 0 aliphatic rings. The van der Waals surface area contributed by atoms with Crippen molar-refractivity contribution in [2.75, 3.05) is 0 Å². The minimum atomic E-state index is -2.17. The van der Waals surface area contributed by atoms with E-state index in [-0.39, 0.29) is 11.6 Å². The third-order valence-electron chi connectivity index (χ3n) is 6.89. The first-order valence-corrected chi connectivity index (χ1v) is 15.3. The van der Waals surface area contributed by atoms with Gasteiger partial charge in [-0.15, -0.1) is 0 Å². The van der Waals surface area contributed by atoms with Crippen molar-refractivity contribution >= 4 is 19.1 Å². The van der Waals surface area contributed by atoms with E-state index in [1.165, 1.54) is 0 Å². The Labute approximate surface area is 215 Å². The number of aliphatic hydroxyl groups excluding tert-OH is 1. The van der Waals surface area contributed by atoms with Gasteiger partial charge in [-0.2, -0.15) is 0 Å². The minimum absolute atomic E-state index is 0.0149. The molecule has 0 radical (unpaired) electrons. The Balaban J connectivity index is 1.81. The summed E-state index contributed by atoms with van der Waals surface area (Å²) in [6.45, 7) is 11.9. The van der Waals surface area contributed by atoms with Crippen LogP contribution in [0.25, 0.3) is 10.8 Å². The first-order valence-electron chi connectivity index (χ1n) is 12.4. The van der Waals surface area contributed by atoms with Crippen molar-refractivity contribution in [1.29, 1.82) is 0 Å². The number of fused-ring (bicyclic) bond motifs is 1. The molecule has 1 N–H and O–H groups in total. The van der Waals surface area contributed by atoms with Gasteiger partial charge in [0.1, 0.15) is 30.5 Å². The molecule has 4 rings (SSSR count). The summed E-state index contributed by atoms with van der Waals surface area (Å²) in [5.74, 6) is 2.20. The number of hydrogen-bond donors (Lipinski definition) is 1. The van der Waals surface area contributed by atoms with Gasteiger partial charge in [-0.05, 0) is 59.1 Å². The molecule has 0 fully saturated rings. The van der Waals surface area contributed by atoms with Gasteiger partial charge in [0.25, 0.3) is 8.32 Å². The Morgan fingerprint density at radius 3 is 1.72 bits per heavy atom. The maximum absolute atomic E-state index is 10.1.